The number of hydrogen-bond acceptors (Lipinski definition) is 5. The number of carbonyl (C=O) groups is 1. The summed E-state index contributed by atoms with van der Waals surface area (Å²) in [7, 11) is 0. The Morgan fingerprint density at radius 1 is 1.39 bits per heavy atom. The van der Waals surface area contributed by atoms with E-state index in [4.69, 9.17) is 0 Å². The van der Waals surface area contributed by atoms with Gasteiger partial charge in [-0.2, -0.15) is 0 Å². The zero-order chi connectivity index (χ0) is 16.4. The lowest BCUT2D eigenvalue weighted by molar-refractivity contribution is -0.116. The summed E-state index contributed by atoms with van der Waals surface area (Å²) < 4.78 is 15.7. The van der Waals surface area contributed by atoms with Crippen molar-refractivity contribution in [2.75, 3.05) is 5.32 Å². The number of carbonyl (C=O) groups excluding carboxylic acids is 1. The number of amides is 1. The lowest BCUT2D eigenvalue weighted by Crippen LogP contribution is -2.28. The fourth-order valence-corrected chi connectivity index (χ4v) is 2.13. The van der Waals surface area contributed by atoms with Gasteiger partial charge in [-0.15, -0.1) is 5.10 Å². The van der Waals surface area contributed by atoms with Gasteiger partial charge < -0.3 is 5.32 Å². The topological polar surface area (TPSA) is 94.7 Å². The largest absolute Gasteiger partial charge is 0.324 e. The molecule has 3 aromatic rings. The Kier molecular flexibility index (Phi) is 3.83. The molecule has 0 bridgehead atoms. The minimum Gasteiger partial charge on any atom is -0.324 e. The van der Waals surface area contributed by atoms with Crippen LogP contribution in [-0.4, -0.2) is 30.5 Å². The van der Waals surface area contributed by atoms with Crippen LogP contribution in [0.3, 0.4) is 0 Å². The number of hydrogen-bond donors (Lipinski definition) is 1. The molecule has 2 heterocycles. The highest BCUT2D eigenvalue weighted by atomic mass is 19.1. The van der Waals surface area contributed by atoms with Crippen molar-refractivity contribution in [1.29, 1.82) is 0 Å². The van der Waals surface area contributed by atoms with Gasteiger partial charge in [-0.05, 0) is 25.1 Å². The quantitative estimate of drug-likeness (QED) is 0.768. The number of aromatic nitrogens is 5. The lowest BCUT2D eigenvalue weighted by Gasteiger charge is -2.07. The van der Waals surface area contributed by atoms with Crippen LogP contribution in [0.15, 0.2) is 35.4 Å². The van der Waals surface area contributed by atoms with Crippen molar-refractivity contribution in [1.82, 2.24) is 24.5 Å². The molecule has 0 radical (unpaired) electrons. The van der Waals surface area contributed by atoms with E-state index in [2.05, 4.69) is 20.6 Å². The Bertz CT molecular complexity index is 932. The smallest absolute Gasteiger partial charge is 0.283 e. The molecule has 3 rings (SSSR count). The molecule has 0 aliphatic carbocycles. The molecular formula is C14H13FN6O2. The fraction of sp³-hybridized carbons (Fsp3) is 0.214. The summed E-state index contributed by atoms with van der Waals surface area (Å²) in [6.45, 7) is 2.14. The predicted molar refractivity (Wildman–Crippen MR) is 80.3 cm³/mol. The average molecular weight is 316 g/mol. The molecule has 0 atom stereocenters. The zero-order valence-corrected chi connectivity index (χ0v) is 12.2. The van der Waals surface area contributed by atoms with Gasteiger partial charge in [0.15, 0.2) is 11.2 Å². The summed E-state index contributed by atoms with van der Waals surface area (Å²) in [6.07, 6.45) is 1.27. The second kappa shape index (κ2) is 5.95. The molecule has 0 fully saturated rings. The highest BCUT2D eigenvalue weighted by Crippen LogP contribution is 2.09. The third-order valence-corrected chi connectivity index (χ3v) is 3.21. The van der Waals surface area contributed by atoms with E-state index in [1.165, 1.54) is 29.2 Å². The molecule has 23 heavy (non-hydrogen) atoms. The van der Waals surface area contributed by atoms with E-state index in [0.29, 0.717) is 17.9 Å². The maximum absolute atomic E-state index is 13.1. The first-order chi connectivity index (χ1) is 11.1. The number of benzene rings is 1. The number of halogens is 1. The Morgan fingerprint density at radius 3 is 2.96 bits per heavy atom. The first-order valence-corrected chi connectivity index (χ1v) is 6.92. The van der Waals surface area contributed by atoms with Crippen LogP contribution in [0.25, 0.3) is 11.2 Å². The highest BCUT2D eigenvalue weighted by molar-refractivity contribution is 5.90. The van der Waals surface area contributed by atoms with Gasteiger partial charge in [-0.25, -0.2) is 14.1 Å². The first-order valence-electron chi connectivity index (χ1n) is 6.92. The monoisotopic (exact) mass is 316 g/mol. The molecule has 0 saturated carbocycles. The SMILES string of the molecule is CCn1nnc2c(=O)n(CC(=O)Nc3cccc(F)c3)cnc21. The standard InChI is InChI=1S/C14H13FN6O2/c1-2-21-13-12(18-19-21)14(23)20(8-16-13)7-11(22)17-10-5-3-4-9(15)6-10/h3-6,8H,2,7H2,1H3,(H,17,22). The second-order valence-corrected chi connectivity index (χ2v) is 4.81. The van der Waals surface area contributed by atoms with Crippen LogP contribution in [0.4, 0.5) is 10.1 Å². The van der Waals surface area contributed by atoms with Crippen molar-refractivity contribution in [2.45, 2.75) is 20.0 Å². The number of rotatable bonds is 4. The lowest BCUT2D eigenvalue weighted by atomic mass is 10.3. The Hall–Kier alpha value is -3.10. The van der Waals surface area contributed by atoms with Crippen molar-refractivity contribution >= 4 is 22.8 Å². The van der Waals surface area contributed by atoms with Crippen LogP contribution in [0, 0.1) is 5.82 Å². The van der Waals surface area contributed by atoms with Crippen LogP contribution in [0.5, 0.6) is 0 Å². The summed E-state index contributed by atoms with van der Waals surface area (Å²) in [5.41, 5.74) is 0.338. The molecule has 0 unspecified atom stereocenters. The molecule has 118 valence electrons. The molecule has 0 spiro atoms. The summed E-state index contributed by atoms with van der Waals surface area (Å²) in [4.78, 5) is 28.4. The van der Waals surface area contributed by atoms with E-state index in [9.17, 15) is 14.0 Å². The Balaban J connectivity index is 1.82. The maximum Gasteiger partial charge on any atom is 0.283 e. The molecule has 1 amide bonds. The Labute approximate surface area is 129 Å². The zero-order valence-electron chi connectivity index (χ0n) is 12.2. The van der Waals surface area contributed by atoms with Crippen LogP contribution in [0.1, 0.15) is 6.92 Å². The first kappa shape index (κ1) is 14.8. The number of nitrogens with zero attached hydrogens (tertiary/aromatic N) is 5. The van der Waals surface area contributed by atoms with E-state index < -0.39 is 17.3 Å². The van der Waals surface area contributed by atoms with E-state index in [-0.39, 0.29) is 12.1 Å². The van der Waals surface area contributed by atoms with Gasteiger partial charge >= 0.3 is 0 Å². The summed E-state index contributed by atoms with van der Waals surface area (Å²) >= 11 is 0. The van der Waals surface area contributed by atoms with E-state index in [0.717, 1.165) is 4.57 Å². The Morgan fingerprint density at radius 2 is 2.22 bits per heavy atom. The van der Waals surface area contributed by atoms with Crippen molar-refractivity contribution in [2.24, 2.45) is 0 Å². The number of nitrogens with one attached hydrogen (secondary N) is 1. The third-order valence-electron chi connectivity index (χ3n) is 3.21. The van der Waals surface area contributed by atoms with Crippen LogP contribution in [-0.2, 0) is 17.9 Å². The summed E-state index contributed by atoms with van der Waals surface area (Å²) in [5.74, 6) is -0.930. The van der Waals surface area contributed by atoms with Gasteiger partial charge in [0.1, 0.15) is 18.7 Å². The number of aryl methyl sites for hydroxylation is 1. The molecule has 1 N–H and O–H groups in total. The van der Waals surface area contributed by atoms with Crippen molar-refractivity contribution < 1.29 is 9.18 Å². The second-order valence-electron chi connectivity index (χ2n) is 4.81. The van der Waals surface area contributed by atoms with Gasteiger partial charge in [0.25, 0.3) is 5.56 Å². The molecule has 8 nitrogen and oxygen atoms in total. The number of anilines is 1. The van der Waals surface area contributed by atoms with Crippen molar-refractivity contribution in [3.63, 3.8) is 0 Å². The third kappa shape index (κ3) is 2.93. The molecule has 2 aromatic heterocycles. The molecule has 0 aliphatic heterocycles. The predicted octanol–water partition coefficient (Wildman–Crippen LogP) is 0.786. The van der Waals surface area contributed by atoms with Gasteiger partial charge in [-0.3, -0.25) is 14.2 Å². The van der Waals surface area contributed by atoms with Gasteiger partial charge in [0.2, 0.25) is 5.91 Å². The maximum atomic E-state index is 13.1. The molecule has 1 aromatic carbocycles. The van der Waals surface area contributed by atoms with Crippen molar-refractivity contribution in [3.8, 4) is 0 Å². The molecule has 0 saturated heterocycles. The van der Waals surface area contributed by atoms with E-state index in [1.807, 2.05) is 6.92 Å². The van der Waals surface area contributed by atoms with Gasteiger partial charge in [0.05, 0.1) is 0 Å². The van der Waals surface area contributed by atoms with E-state index in [1.54, 1.807) is 6.07 Å². The summed E-state index contributed by atoms with van der Waals surface area (Å²) in [5, 5.41) is 10.1. The molecule has 0 aliphatic rings. The van der Waals surface area contributed by atoms with Gasteiger partial charge in [0, 0.05) is 12.2 Å². The minimum atomic E-state index is -0.471. The normalized spacial score (nSPS) is 10.9. The van der Waals surface area contributed by atoms with Crippen molar-refractivity contribution in [3.05, 3.63) is 46.8 Å². The van der Waals surface area contributed by atoms with E-state index >= 15 is 0 Å². The molecular weight excluding hydrogens is 303 g/mol. The molecule has 9 heteroatoms. The highest BCUT2D eigenvalue weighted by Gasteiger charge is 2.13. The van der Waals surface area contributed by atoms with Crippen LogP contribution < -0.4 is 10.9 Å². The minimum absolute atomic E-state index is 0.105. The fourth-order valence-electron chi connectivity index (χ4n) is 2.13. The van der Waals surface area contributed by atoms with Gasteiger partial charge in [-0.1, -0.05) is 11.3 Å². The van der Waals surface area contributed by atoms with Crippen LogP contribution in [0.2, 0.25) is 0 Å². The summed E-state index contributed by atoms with van der Waals surface area (Å²) in [6, 6.07) is 5.50. The van der Waals surface area contributed by atoms with Crippen LogP contribution >= 0.6 is 0 Å². The average Bonchev–Trinajstić information content (AvgIpc) is 2.94. The number of fused-ring (bicyclic) bond motifs is 1.